The van der Waals surface area contributed by atoms with E-state index in [0.29, 0.717) is 11.4 Å². The molecule has 0 saturated carbocycles. The number of halogens is 1. The molecule has 1 aromatic carbocycles. The fraction of sp³-hybridized carbons (Fsp3) is 0.455. The lowest BCUT2D eigenvalue weighted by atomic mass is 10.0. The Hall–Kier alpha value is -2.47. The molecule has 0 radical (unpaired) electrons. The minimum absolute atomic E-state index is 0.0764. The number of fused-ring (bicyclic) bond motifs is 1. The molecule has 1 aliphatic heterocycles. The zero-order chi connectivity index (χ0) is 20.3. The first kappa shape index (κ1) is 20.3. The second kappa shape index (κ2) is 8.69. The number of carbonyl (C=O) groups excluding carboxylic acids is 1. The molecule has 1 N–H and O–H groups in total. The Morgan fingerprint density at radius 2 is 1.89 bits per heavy atom. The van der Waals surface area contributed by atoms with Gasteiger partial charge >= 0.3 is 0 Å². The molecule has 2 aromatic rings. The molecule has 0 saturated heterocycles. The van der Waals surface area contributed by atoms with Crippen molar-refractivity contribution < 1.29 is 9.18 Å². The Labute approximate surface area is 166 Å². The minimum Gasteiger partial charge on any atom is -0.362 e. The average molecular weight is 384 g/mol. The van der Waals surface area contributed by atoms with Crippen LogP contribution in [0.25, 0.3) is 0 Å². The Bertz CT molecular complexity index is 833. The second-order valence-corrected chi connectivity index (χ2v) is 7.89. The molecule has 1 aromatic heterocycles. The van der Waals surface area contributed by atoms with Crippen LogP contribution in [0.4, 0.5) is 10.2 Å². The number of anilines is 1. The summed E-state index contributed by atoms with van der Waals surface area (Å²) in [5.41, 5.74) is 3.93. The molecule has 28 heavy (non-hydrogen) atoms. The van der Waals surface area contributed by atoms with Crippen molar-refractivity contribution in [2.75, 3.05) is 32.1 Å². The predicted molar refractivity (Wildman–Crippen MR) is 110 cm³/mol. The van der Waals surface area contributed by atoms with Gasteiger partial charge in [-0.05, 0) is 49.6 Å². The Morgan fingerprint density at radius 1 is 1.21 bits per heavy atom. The maximum absolute atomic E-state index is 13.1. The zero-order valence-corrected chi connectivity index (χ0v) is 17.1. The van der Waals surface area contributed by atoms with Gasteiger partial charge in [-0.1, -0.05) is 12.1 Å². The molecule has 1 amide bonds. The highest BCUT2D eigenvalue weighted by Crippen LogP contribution is 2.24. The van der Waals surface area contributed by atoms with E-state index in [0.717, 1.165) is 49.3 Å². The van der Waals surface area contributed by atoms with Gasteiger partial charge in [0.05, 0.1) is 5.56 Å². The lowest BCUT2D eigenvalue weighted by Crippen LogP contribution is -2.32. The molecule has 6 heteroatoms. The van der Waals surface area contributed by atoms with Gasteiger partial charge in [-0.25, -0.2) is 9.37 Å². The summed E-state index contributed by atoms with van der Waals surface area (Å²) in [4.78, 5) is 21.8. The number of rotatable bonds is 5. The van der Waals surface area contributed by atoms with E-state index in [-0.39, 0.29) is 17.8 Å². The number of nitrogens with one attached hydrogen (secondary N) is 1. The molecule has 0 aliphatic carbocycles. The van der Waals surface area contributed by atoms with Gasteiger partial charge in [-0.3, -0.25) is 9.69 Å². The number of hydrogen-bond acceptors (Lipinski definition) is 4. The molecule has 150 valence electrons. The second-order valence-electron chi connectivity index (χ2n) is 7.89. The monoisotopic (exact) mass is 384 g/mol. The Balaban J connectivity index is 1.80. The summed E-state index contributed by atoms with van der Waals surface area (Å²) in [7, 11) is 3.83. The first-order valence-corrected chi connectivity index (χ1v) is 9.81. The first-order valence-electron chi connectivity index (χ1n) is 9.81. The van der Waals surface area contributed by atoms with Crippen LogP contribution in [-0.4, -0.2) is 49.0 Å². The van der Waals surface area contributed by atoms with Crippen molar-refractivity contribution in [1.82, 2.24) is 15.2 Å². The van der Waals surface area contributed by atoms with E-state index in [1.807, 2.05) is 51.0 Å². The average Bonchev–Trinajstić information content (AvgIpc) is 2.84. The number of aromatic nitrogens is 1. The lowest BCUT2D eigenvalue weighted by molar-refractivity contribution is 0.0943. The third kappa shape index (κ3) is 4.87. The molecule has 0 unspecified atom stereocenters. The first-order chi connectivity index (χ1) is 13.3. The van der Waals surface area contributed by atoms with Crippen LogP contribution in [0.3, 0.4) is 0 Å². The van der Waals surface area contributed by atoms with Crippen molar-refractivity contribution in [3.05, 3.63) is 58.5 Å². The maximum atomic E-state index is 13.1. The Morgan fingerprint density at radius 3 is 2.54 bits per heavy atom. The molecule has 0 atom stereocenters. The Kier molecular flexibility index (Phi) is 6.29. The molecular formula is C22H29FN4O. The van der Waals surface area contributed by atoms with Gasteiger partial charge < -0.3 is 10.2 Å². The molecule has 2 heterocycles. The summed E-state index contributed by atoms with van der Waals surface area (Å²) < 4.78 is 13.1. The molecule has 0 spiro atoms. The van der Waals surface area contributed by atoms with Gasteiger partial charge in [0.25, 0.3) is 5.91 Å². The molecule has 3 rings (SSSR count). The quantitative estimate of drug-likeness (QED) is 0.861. The van der Waals surface area contributed by atoms with Crippen molar-refractivity contribution in [1.29, 1.82) is 0 Å². The van der Waals surface area contributed by atoms with E-state index in [1.165, 1.54) is 12.1 Å². The number of carbonyl (C=O) groups is 1. The lowest BCUT2D eigenvalue weighted by Gasteiger charge is -2.19. The van der Waals surface area contributed by atoms with E-state index in [4.69, 9.17) is 4.98 Å². The summed E-state index contributed by atoms with van der Waals surface area (Å²) in [6, 6.07) is 8.77. The van der Waals surface area contributed by atoms with Crippen LogP contribution in [0, 0.1) is 5.82 Å². The number of benzene rings is 1. The van der Waals surface area contributed by atoms with Crippen LogP contribution in [0.5, 0.6) is 0 Å². The summed E-state index contributed by atoms with van der Waals surface area (Å²) in [5, 5.41) is 2.98. The van der Waals surface area contributed by atoms with E-state index in [1.54, 1.807) is 0 Å². The normalized spacial score (nSPS) is 14.5. The fourth-order valence-corrected chi connectivity index (χ4v) is 3.52. The van der Waals surface area contributed by atoms with Crippen LogP contribution >= 0.6 is 0 Å². The topological polar surface area (TPSA) is 48.5 Å². The van der Waals surface area contributed by atoms with Gasteiger partial charge in [-0.15, -0.1) is 0 Å². The standard InChI is InChI=1S/C22H29FN4O/c1-15(2)24-22(28)19-13-17-9-11-27(14-16-5-7-18(23)8-6-16)12-10-20(17)25-21(19)26(3)4/h5-8,13,15H,9-12,14H2,1-4H3,(H,24,28). The summed E-state index contributed by atoms with van der Waals surface area (Å²) in [6.45, 7) is 6.48. The van der Waals surface area contributed by atoms with Crippen molar-refractivity contribution in [3.63, 3.8) is 0 Å². The number of pyridine rings is 1. The number of nitrogens with zero attached hydrogens (tertiary/aromatic N) is 3. The molecule has 1 aliphatic rings. The van der Waals surface area contributed by atoms with Gasteiger partial charge in [0.15, 0.2) is 0 Å². The van der Waals surface area contributed by atoms with Crippen molar-refractivity contribution in [2.45, 2.75) is 39.3 Å². The summed E-state index contributed by atoms with van der Waals surface area (Å²) in [5.74, 6) is 0.421. The van der Waals surface area contributed by atoms with E-state index in [2.05, 4.69) is 10.2 Å². The predicted octanol–water partition coefficient (Wildman–Crippen LogP) is 3.03. The minimum atomic E-state index is -0.209. The van der Waals surface area contributed by atoms with E-state index < -0.39 is 0 Å². The van der Waals surface area contributed by atoms with E-state index in [9.17, 15) is 9.18 Å². The van der Waals surface area contributed by atoms with Crippen LogP contribution in [-0.2, 0) is 19.4 Å². The maximum Gasteiger partial charge on any atom is 0.255 e. The van der Waals surface area contributed by atoms with Gasteiger partial charge in [-0.2, -0.15) is 0 Å². The van der Waals surface area contributed by atoms with Crippen LogP contribution in [0.15, 0.2) is 30.3 Å². The van der Waals surface area contributed by atoms with E-state index >= 15 is 0 Å². The summed E-state index contributed by atoms with van der Waals surface area (Å²) >= 11 is 0. The van der Waals surface area contributed by atoms with Gasteiger partial charge in [0.2, 0.25) is 0 Å². The highest BCUT2D eigenvalue weighted by Gasteiger charge is 2.22. The highest BCUT2D eigenvalue weighted by atomic mass is 19.1. The highest BCUT2D eigenvalue weighted by molar-refractivity contribution is 5.99. The molecule has 5 nitrogen and oxygen atoms in total. The molecule has 0 bridgehead atoms. The van der Waals surface area contributed by atoms with Crippen LogP contribution in [0.2, 0.25) is 0 Å². The fourth-order valence-electron chi connectivity index (χ4n) is 3.52. The molecular weight excluding hydrogens is 355 g/mol. The van der Waals surface area contributed by atoms with Crippen molar-refractivity contribution in [3.8, 4) is 0 Å². The SMILES string of the molecule is CC(C)NC(=O)c1cc2c(nc1N(C)C)CCN(Cc1ccc(F)cc1)CC2. The van der Waals surface area contributed by atoms with Crippen LogP contribution < -0.4 is 10.2 Å². The van der Waals surface area contributed by atoms with Crippen molar-refractivity contribution in [2.24, 2.45) is 0 Å². The molecule has 0 fully saturated rings. The van der Waals surface area contributed by atoms with Crippen molar-refractivity contribution >= 4 is 11.7 Å². The number of hydrogen-bond donors (Lipinski definition) is 1. The van der Waals surface area contributed by atoms with Gasteiger partial charge in [0.1, 0.15) is 11.6 Å². The largest absolute Gasteiger partial charge is 0.362 e. The van der Waals surface area contributed by atoms with Gasteiger partial charge in [0, 0.05) is 51.9 Å². The summed E-state index contributed by atoms with van der Waals surface area (Å²) in [6.07, 6.45) is 1.68. The zero-order valence-electron chi connectivity index (χ0n) is 17.1. The number of amides is 1. The third-order valence-electron chi connectivity index (χ3n) is 4.94. The van der Waals surface area contributed by atoms with Crippen LogP contribution in [0.1, 0.15) is 41.0 Å². The third-order valence-corrected chi connectivity index (χ3v) is 4.94. The smallest absolute Gasteiger partial charge is 0.255 e.